The molecule has 2 aromatic rings. The lowest BCUT2D eigenvalue weighted by molar-refractivity contribution is -0.125. The van der Waals surface area contributed by atoms with Crippen molar-refractivity contribution in [3.05, 3.63) is 64.9 Å². The molecule has 2 N–H and O–H groups in total. The summed E-state index contributed by atoms with van der Waals surface area (Å²) in [5.74, 6) is 0.152. The Morgan fingerprint density at radius 1 is 1.26 bits per heavy atom. The zero-order valence-electron chi connectivity index (χ0n) is 13.0. The van der Waals surface area contributed by atoms with Crippen LogP contribution >= 0.6 is 11.6 Å². The predicted octanol–water partition coefficient (Wildman–Crippen LogP) is 2.92. The Kier molecular flexibility index (Phi) is 4.94. The van der Waals surface area contributed by atoms with Gasteiger partial charge in [-0.1, -0.05) is 29.8 Å². The molecule has 0 aliphatic carbocycles. The number of amides is 1. The number of pyridine rings is 1. The van der Waals surface area contributed by atoms with E-state index in [-0.39, 0.29) is 23.8 Å². The van der Waals surface area contributed by atoms with Gasteiger partial charge in [0, 0.05) is 30.2 Å². The zero-order chi connectivity index (χ0) is 16.2. The number of carbonyl (C=O) groups is 1. The van der Waals surface area contributed by atoms with Gasteiger partial charge >= 0.3 is 0 Å². The first-order chi connectivity index (χ1) is 11.1. The summed E-state index contributed by atoms with van der Waals surface area (Å²) < 4.78 is 0. The van der Waals surface area contributed by atoms with Gasteiger partial charge in [-0.2, -0.15) is 0 Å². The van der Waals surface area contributed by atoms with Crippen LogP contribution in [-0.4, -0.2) is 24.0 Å². The molecule has 0 spiro atoms. The summed E-state index contributed by atoms with van der Waals surface area (Å²) >= 11 is 5.95. The maximum absolute atomic E-state index is 12.7. The van der Waals surface area contributed by atoms with E-state index in [1.165, 1.54) is 0 Å². The van der Waals surface area contributed by atoms with Crippen LogP contribution in [0.15, 0.2) is 48.7 Å². The molecule has 1 aliphatic heterocycles. The van der Waals surface area contributed by atoms with Crippen LogP contribution in [0.25, 0.3) is 0 Å². The molecule has 2 heterocycles. The van der Waals surface area contributed by atoms with Crippen molar-refractivity contribution in [1.29, 1.82) is 0 Å². The molecule has 0 bridgehead atoms. The van der Waals surface area contributed by atoms with Crippen molar-refractivity contribution >= 4 is 17.5 Å². The smallest absolute Gasteiger partial charge is 0.225 e. The number of nitrogens with one attached hydrogen (secondary N) is 2. The normalized spacial score (nSPS) is 21.8. The van der Waals surface area contributed by atoms with Crippen LogP contribution in [0, 0.1) is 5.92 Å². The summed E-state index contributed by atoms with van der Waals surface area (Å²) in [4.78, 5) is 17.0. The molecule has 4 nitrogen and oxygen atoms in total. The highest BCUT2D eigenvalue weighted by Crippen LogP contribution is 2.29. The highest BCUT2D eigenvalue weighted by Gasteiger charge is 2.34. The van der Waals surface area contributed by atoms with Crippen LogP contribution in [0.5, 0.6) is 0 Å². The fourth-order valence-electron chi connectivity index (χ4n) is 3.04. The third-order valence-corrected chi connectivity index (χ3v) is 4.59. The summed E-state index contributed by atoms with van der Waals surface area (Å²) in [5, 5.41) is 7.11. The maximum Gasteiger partial charge on any atom is 0.225 e. The van der Waals surface area contributed by atoms with E-state index < -0.39 is 0 Å². The van der Waals surface area contributed by atoms with Crippen LogP contribution in [0.2, 0.25) is 5.02 Å². The molecule has 1 aliphatic rings. The quantitative estimate of drug-likeness (QED) is 0.907. The highest BCUT2D eigenvalue weighted by molar-refractivity contribution is 6.30. The van der Waals surface area contributed by atoms with Crippen LogP contribution in [0.1, 0.15) is 30.1 Å². The Morgan fingerprint density at radius 3 is 2.74 bits per heavy atom. The first kappa shape index (κ1) is 16.0. The zero-order valence-corrected chi connectivity index (χ0v) is 13.8. The largest absolute Gasteiger partial charge is 0.348 e. The Morgan fingerprint density at radius 2 is 2.04 bits per heavy atom. The predicted molar refractivity (Wildman–Crippen MR) is 91.3 cm³/mol. The van der Waals surface area contributed by atoms with Crippen LogP contribution in [0.4, 0.5) is 0 Å². The van der Waals surface area contributed by atoms with Gasteiger partial charge in [-0.15, -0.1) is 0 Å². The SMILES string of the molecule is C[C@H](NC(=O)[C@H]1CNC[C@@H]1c1ccc(Cl)cc1)c1ccccn1. The Hall–Kier alpha value is -1.91. The molecule has 3 atom stereocenters. The Balaban J connectivity index is 1.69. The van der Waals surface area contributed by atoms with Gasteiger partial charge in [-0.25, -0.2) is 0 Å². The average molecular weight is 330 g/mol. The van der Waals surface area contributed by atoms with Crippen molar-refractivity contribution in [2.45, 2.75) is 18.9 Å². The lowest BCUT2D eigenvalue weighted by Crippen LogP contribution is -2.36. The second-order valence-corrected chi connectivity index (χ2v) is 6.34. The first-order valence-electron chi connectivity index (χ1n) is 7.82. The van der Waals surface area contributed by atoms with Crippen molar-refractivity contribution in [2.24, 2.45) is 5.92 Å². The van der Waals surface area contributed by atoms with Crippen molar-refractivity contribution in [1.82, 2.24) is 15.6 Å². The lowest BCUT2D eigenvalue weighted by Gasteiger charge is -2.21. The molecule has 23 heavy (non-hydrogen) atoms. The number of halogens is 1. The second kappa shape index (κ2) is 7.11. The third kappa shape index (κ3) is 3.71. The second-order valence-electron chi connectivity index (χ2n) is 5.91. The topological polar surface area (TPSA) is 54.0 Å². The van der Waals surface area contributed by atoms with E-state index in [0.29, 0.717) is 11.6 Å². The van der Waals surface area contributed by atoms with E-state index in [4.69, 9.17) is 11.6 Å². The molecule has 0 unspecified atom stereocenters. The fraction of sp³-hybridized carbons (Fsp3) is 0.333. The van der Waals surface area contributed by atoms with Gasteiger partial charge in [0.2, 0.25) is 5.91 Å². The molecule has 5 heteroatoms. The summed E-state index contributed by atoms with van der Waals surface area (Å²) in [5.41, 5.74) is 2.01. The average Bonchev–Trinajstić information content (AvgIpc) is 3.06. The van der Waals surface area contributed by atoms with Crippen molar-refractivity contribution in [3.63, 3.8) is 0 Å². The third-order valence-electron chi connectivity index (χ3n) is 4.34. The maximum atomic E-state index is 12.7. The lowest BCUT2D eigenvalue weighted by atomic mass is 9.88. The molecule has 1 saturated heterocycles. The Bertz CT molecular complexity index is 660. The van der Waals surface area contributed by atoms with Crippen molar-refractivity contribution in [2.75, 3.05) is 13.1 Å². The van der Waals surface area contributed by atoms with Crippen molar-refractivity contribution in [3.8, 4) is 0 Å². The molecule has 1 amide bonds. The molecule has 1 fully saturated rings. The van der Waals surface area contributed by atoms with E-state index in [2.05, 4.69) is 15.6 Å². The van der Waals surface area contributed by atoms with Gasteiger partial charge in [0.05, 0.1) is 17.7 Å². The standard InChI is InChI=1S/C18H20ClN3O/c1-12(17-4-2-3-9-21-17)22-18(23)16-11-20-10-15(16)13-5-7-14(19)8-6-13/h2-9,12,15-16,20H,10-11H2,1H3,(H,22,23)/t12-,15+,16-/m0/s1. The minimum absolute atomic E-state index is 0.0631. The minimum Gasteiger partial charge on any atom is -0.348 e. The molecule has 1 aromatic carbocycles. The summed E-state index contributed by atoms with van der Waals surface area (Å²) in [6.07, 6.45) is 1.74. The number of carbonyl (C=O) groups excluding carboxylic acids is 1. The number of hydrogen-bond donors (Lipinski definition) is 2. The number of nitrogens with zero attached hydrogens (tertiary/aromatic N) is 1. The monoisotopic (exact) mass is 329 g/mol. The van der Waals surface area contributed by atoms with Gasteiger partial charge in [-0.05, 0) is 36.8 Å². The fourth-order valence-corrected chi connectivity index (χ4v) is 3.17. The van der Waals surface area contributed by atoms with Crippen molar-refractivity contribution < 1.29 is 4.79 Å². The summed E-state index contributed by atoms with van der Waals surface area (Å²) in [7, 11) is 0. The van der Waals surface area contributed by atoms with E-state index in [1.54, 1.807) is 6.20 Å². The van der Waals surface area contributed by atoms with Crippen LogP contribution in [-0.2, 0) is 4.79 Å². The van der Waals surface area contributed by atoms with E-state index in [1.807, 2.05) is 49.4 Å². The number of aromatic nitrogens is 1. The molecule has 120 valence electrons. The van der Waals surface area contributed by atoms with Gasteiger partial charge in [0.25, 0.3) is 0 Å². The molecular weight excluding hydrogens is 310 g/mol. The number of rotatable bonds is 4. The number of benzene rings is 1. The van der Waals surface area contributed by atoms with E-state index in [0.717, 1.165) is 17.8 Å². The molecule has 3 rings (SSSR count). The van der Waals surface area contributed by atoms with Gasteiger partial charge in [0.15, 0.2) is 0 Å². The van der Waals surface area contributed by atoms with Crippen LogP contribution in [0.3, 0.4) is 0 Å². The number of hydrogen-bond acceptors (Lipinski definition) is 3. The van der Waals surface area contributed by atoms with Crippen LogP contribution < -0.4 is 10.6 Å². The van der Waals surface area contributed by atoms with Gasteiger partial charge in [0.1, 0.15) is 0 Å². The van der Waals surface area contributed by atoms with Gasteiger partial charge < -0.3 is 10.6 Å². The minimum atomic E-state index is -0.102. The van der Waals surface area contributed by atoms with Gasteiger partial charge in [-0.3, -0.25) is 9.78 Å². The first-order valence-corrected chi connectivity index (χ1v) is 8.20. The highest BCUT2D eigenvalue weighted by atomic mass is 35.5. The molecular formula is C18H20ClN3O. The Labute approximate surface area is 141 Å². The molecule has 0 saturated carbocycles. The summed E-state index contributed by atoms with van der Waals surface area (Å²) in [6, 6.07) is 13.4. The van der Waals surface area contributed by atoms with E-state index in [9.17, 15) is 4.79 Å². The molecule has 0 radical (unpaired) electrons. The summed E-state index contributed by atoms with van der Waals surface area (Å²) in [6.45, 7) is 3.45. The van der Waals surface area contributed by atoms with E-state index >= 15 is 0 Å². The molecule has 1 aromatic heterocycles.